The fourth-order valence-corrected chi connectivity index (χ4v) is 2.73. The second-order valence-corrected chi connectivity index (χ2v) is 5.26. The van der Waals surface area contributed by atoms with Crippen molar-refractivity contribution in [3.63, 3.8) is 0 Å². The van der Waals surface area contributed by atoms with E-state index in [-0.39, 0.29) is 30.3 Å². The van der Waals surface area contributed by atoms with E-state index in [2.05, 4.69) is 0 Å². The van der Waals surface area contributed by atoms with E-state index in [9.17, 15) is 14.9 Å². The highest BCUT2D eigenvalue weighted by molar-refractivity contribution is 5.95. The molecule has 0 bridgehead atoms. The molecule has 0 aromatic heterocycles. The number of anilines is 1. The van der Waals surface area contributed by atoms with Crippen LogP contribution in [0, 0.1) is 10.1 Å². The van der Waals surface area contributed by atoms with Crippen LogP contribution in [0.1, 0.15) is 30.1 Å². The molecule has 0 radical (unpaired) electrons. The molecule has 7 nitrogen and oxygen atoms in total. The van der Waals surface area contributed by atoms with E-state index in [1.807, 2.05) is 4.90 Å². The molecule has 1 N–H and O–H groups in total. The largest absolute Gasteiger partial charge is 0.395 e. The first-order chi connectivity index (χ1) is 10.6. The van der Waals surface area contributed by atoms with Crippen molar-refractivity contribution in [1.82, 2.24) is 4.90 Å². The van der Waals surface area contributed by atoms with Crippen LogP contribution in [0.5, 0.6) is 0 Å². The minimum absolute atomic E-state index is 0.0344. The van der Waals surface area contributed by atoms with E-state index in [1.165, 1.54) is 11.0 Å². The Morgan fingerprint density at radius 2 is 2.09 bits per heavy atom. The summed E-state index contributed by atoms with van der Waals surface area (Å²) in [6.07, 6.45) is 2.05. The molecule has 1 aliphatic rings. The molecule has 0 aliphatic carbocycles. The van der Waals surface area contributed by atoms with Gasteiger partial charge in [0.2, 0.25) is 0 Å². The molecular formula is C15H21N3O4. The van der Waals surface area contributed by atoms with Gasteiger partial charge in [-0.2, -0.15) is 0 Å². The quantitative estimate of drug-likeness (QED) is 0.638. The molecule has 1 saturated heterocycles. The normalized spacial score (nSPS) is 14.2. The minimum atomic E-state index is -0.438. The van der Waals surface area contributed by atoms with Crippen LogP contribution in [-0.4, -0.2) is 53.6 Å². The fourth-order valence-electron chi connectivity index (χ4n) is 2.73. The maximum Gasteiger partial charge on any atom is 0.293 e. The van der Waals surface area contributed by atoms with Gasteiger partial charge in [0.05, 0.1) is 11.5 Å². The second-order valence-electron chi connectivity index (χ2n) is 5.26. The highest BCUT2D eigenvalue weighted by Gasteiger charge is 2.24. The molecule has 0 atom stereocenters. The number of nitro groups is 1. The van der Waals surface area contributed by atoms with Gasteiger partial charge in [-0.25, -0.2) is 0 Å². The first-order valence-corrected chi connectivity index (χ1v) is 7.52. The van der Waals surface area contributed by atoms with E-state index >= 15 is 0 Å². The number of carbonyl (C=O) groups is 1. The summed E-state index contributed by atoms with van der Waals surface area (Å²) in [6, 6.07) is 4.63. The van der Waals surface area contributed by atoms with Crippen molar-refractivity contribution in [2.24, 2.45) is 0 Å². The third-order valence-electron chi connectivity index (χ3n) is 3.90. The monoisotopic (exact) mass is 307 g/mol. The molecule has 0 saturated carbocycles. The molecule has 1 aromatic rings. The molecule has 0 unspecified atom stereocenters. The minimum Gasteiger partial charge on any atom is -0.395 e. The van der Waals surface area contributed by atoms with Gasteiger partial charge in [0.25, 0.3) is 11.6 Å². The summed E-state index contributed by atoms with van der Waals surface area (Å²) < 4.78 is 0. The Balaban J connectivity index is 2.32. The van der Waals surface area contributed by atoms with E-state index in [0.717, 1.165) is 25.9 Å². The molecule has 22 heavy (non-hydrogen) atoms. The number of hydrogen-bond donors (Lipinski definition) is 1. The number of amides is 1. The van der Waals surface area contributed by atoms with E-state index in [4.69, 9.17) is 5.11 Å². The van der Waals surface area contributed by atoms with Crippen molar-refractivity contribution in [1.29, 1.82) is 0 Å². The predicted octanol–water partition coefficient (Wildman–Crippen LogP) is 1.65. The highest BCUT2D eigenvalue weighted by Crippen LogP contribution is 2.31. The van der Waals surface area contributed by atoms with Crippen molar-refractivity contribution in [3.05, 3.63) is 33.9 Å². The average molecular weight is 307 g/mol. The van der Waals surface area contributed by atoms with Gasteiger partial charge in [0.1, 0.15) is 5.69 Å². The van der Waals surface area contributed by atoms with E-state index in [1.54, 1.807) is 19.1 Å². The Bertz CT molecular complexity index is 556. The van der Waals surface area contributed by atoms with Crippen molar-refractivity contribution < 1.29 is 14.8 Å². The lowest BCUT2D eigenvalue weighted by Gasteiger charge is -2.21. The zero-order chi connectivity index (χ0) is 16.1. The summed E-state index contributed by atoms with van der Waals surface area (Å²) in [5, 5.41) is 20.3. The first kappa shape index (κ1) is 16.2. The summed E-state index contributed by atoms with van der Waals surface area (Å²) in [4.78, 5) is 26.7. The van der Waals surface area contributed by atoms with Crippen LogP contribution >= 0.6 is 0 Å². The van der Waals surface area contributed by atoms with Gasteiger partial charge in [-0.1, -0.05) is 0 Å². The summed E-state index contributed by atoms with van der Waals surface area (Å²) in [6.45, 7) is 3.95. The summed E-state index contributed by atoms with van der Waals surface area (Å²) in [5.41, 5.74) is 0.821. The Morgan fingerprint density at radius 3 is 2.64 bits per heavy atom. The number of carbonyl (C=O) groups excluding carboxylic acids is 1. The third kappa shape index (κ3) is 3.36. The molecule has 1 amide bonds. The van der Waals surface area contributed by atoms with Crippen LogP contribution in [0.4, 0.5) is 11.4 Å². The number of nitro benzene ring substituents is 1. The number of aliphatic hydroxyl groups excluding tert-OH is 1. The number of rotatable bonds is 6. The summed E-state index contributed by atoms with van der Waals surface area (Å²) in [7, 11) is 0. The Hall–Kier alpha value is -2.15. The molecule has 0 spiro atoms. The lowest BCUT2D eigenvalue weighted by Crippen LogP contribution is -2.33. The van der Waals surface area contributed by atoms with Crippen molar-refractivity contribution in [2.45, 2.75) is 19.8 Å². The Morgan fingerprint density at radius 1 is 1.41 bits per heavy atom. The van der Waals surface area contributed by atoms with Gasteiger partial charge in [-0.3, -0.25) is 14.9 Å². The second kappa shape index (κ2) is 7.22. The summed E-state index contributed by atoms with van der Waals surface area (Å²) in [5.74, 6) is -0.298. The molecule has 2 rings (SSSR count). The lowest BCUT2D eigenvalue weighted by atomic mass is 10.1. The maximum atomic E-state index is 12.4. The average Bonchev–Trinajstić information content (AvgIpc) is 3.05. The summed E-state index contributed by atoms with van der Waals surface area (Å²) >= 11 is 0. The number of aliphatic hydroxyl groups is 1. The van der Waals surface area contributed by atoms with Crippen LogP contribution in [0.2, 0.25) is 0 Å². The SMILES string of the molecule is CCN(CCO)C(=O)c1ccc(N2CCCC2)c([N+](=O)[O-])c1. The van der Waals surface area contributed by atoms with Crippen LogP contribution < -0.4 is 4.90 Å². The molecule has 1 aliphatic heterocycles. The molecule has 7 heteroatoms. The van der Waals surface area contributed by atoms with Crippen LogP contribution in [-0.2, 0) is 0 Å². The molecule has 1 heterocycles. The predicted molar refractivity (Wildman–Crippen MR) is 83.2 cm³/mol. The molecule has 1 aromatic carbocycles. The zero-order valence-electron chi connectivity index (χ0n) is 12.7. The molecule has 120 valence electrons. The standard InChI is InChI=1S/C15H21N3O4/c1-2-16(9-10-19)15(20)12-5-6-13(14(11-12)18(21)22)17-7-3-4-8-17/h5-6,11,19H,2-4,7-10H2,1H3. The zero-order valence-corrected chi connectivity index (χ0v) is 12.7. The van der Waals surface area contributed by atoms with E-state index in [0.29, 0.717) is 12.2 Å². The lowest BCUT2D eigenvalue weighted by molar-refractivity contribution is -0.384. The van der Waals surface area contributed by atoms with Gasteiger partial charge >= 0.3 is 0 Å². The van der Waals surface area contributed by atoms with Gasteiger partial charge in [-0.15, -0.1) is 0 Å². The first-order valence-electron chi connectivity index (χ1n) is 7.52. The van der Waals surface area contributed by atoms with Crippen LogP contribution in [0.15, 0.2) is 18.2 Å². The molecular weight excluding hydrogens is 286 g/mol. The Labute approximate surface area is 129 Å². The topological polar surface area (TPSA) is 86.9 Å². The highest BCUT2D eigenvalue weighted by atomic mass is 16.6. The van der Waals surface area contributed by atoms with Gasteiger partial charge < -0.3 is 14.9 Å². The van der Waals surface area contributed by atoms with Gasteiger partial charge in [0, 0.05) is 37.8 Å². The number of hydrogen-bond acceptors (Lipinski definition) is 5. The van der Waals surface area contributed by atoms with Crippen molar-refractivity contribution in [2.75, 3.05) is 37.7 Å². The van der Waals surface area contributed by atoms with Gasteiger partial charge in [-0.05, 0) is 31.9 Å². The number of nitrogens with zero attached hydrogens (tertiary/aromatic N) is 3. The Kier molecular flexibility index (Phi) is 5.32. The van der Waals surface area contributed by atoms with Crippen molar-refractivity contribution in [3.8, 4) is 0 Å². The van der Waals surface area contributed by atoms with Crippen molar-refractivity contribution >= 4 is 17.3 Å². The third-order valence-corrected chi connectivity index (χ3v) is 3.90. The van der Waals surface area contributed by atoms with Gasteiger partial charge in [0.15, 0.2) is 0 Å². The molecule has 1 fully saturated rings. The fraction of sp³-hybridized carbons (Fsp3) is 0.533. The number of likely N-dealkylation sites (N-methyl/N-ethyl adjacent to an activating group) is 1. The number of benzene rings is 1. The smallest absolute Gasteiger partial charge is 0.293 e. The van der Waals surface area contributed by atoms with Crippen LogP contribution in [0.25, 0.3) is 0 Å². The van der Waals surface area contributed by atoms with Crippen LogP contribution in [0.3, 0.4) is 0 Å². The van der Waals surface area contributed by atoms with E-state index < -0.39 is 4.92 Å². The maximum absolute atomic E-state index is 12.4.